The Morgan fingerprint density at radius 3 is 2.11 bits per heavy atom. The van der Waals surface area contributed by atoms with E-state index >= 15 is 0 Å². The predicted octanol–water partition coefficient (Wildman–Crippen LogP) is 2.47. The molecule has 0 aliphatic heterocycles. The molecule has 0 aliphatic carbocycles. The van der Waals surface area contributed by atoms with Gasteiger partial charge in [-0.2, -0.15) is 0 Å². The highest BCUT2D eigenvalue weighted by Gasteiger charge is 1.88. The van der Waals surface area contributed by atoms with E-state index in [-0.39, 0.29) is 5.92 Å². The molecule has 9 heavy (non-hydrogen) atoms. The third-order valence-electron chi connectivity index (χ3n) is 1.05. The van der Waals surface area contributed by atoms with Crippen LogP contribution in [0.25, 0.3) is 0 Å². The first-order chi connectivity index (χ1) is 4.16. The molecule has 0 N–H and O–H groups in total. The van der Waals surface area contributed by atoms with E-state index in [9.17, 15) is 0 Å². The highest BCUT2D eigenvalue weighted by atomic mass is 13.9. The Morgan fingerprint density at radius 2 is 1.78 bits per heavy atom. The van der Waals surface area contributed by atoms with Crippen LogP contribution in [0.1, 0.15) is 20.8 Å². The van der Waals surface area contributed by atoms with E-state index < -0.39 is 0 Å². The Bertz CT molecular complexity index is 123. The monoisotopic (exact) mass is 122 g/mol. The molecule has 50 valence electrons. The smallest absolute Gasteiger partial charge is 0.0351 e. The summed E-state index contributed by atoms with van der Waals surface area (Å²) in [6.07, 6.45) is 9.35. The molecule has 0 heteroatoms. The number of allylic oxidation sites excluding steroid dienone is 2. The summed E-state index contributed by atoms with van der Waals surface area (Å²) in [5, 5.41) is 0. The minimum atomic E-state index is 0.285. The van der Waals surface area contributed by atoms with Gasteiger partial charge in [0.2, 0.25) is 0 Å². The lowest BCUT2D eigenvalue weighted by Crippen LogP contribution is -1.84. The normalized spacial score (nSPS) is 14.1. The minimum absolute atomic E-state index is 0.285. The summed E-state index contributed by atoms with van der Waals surface area (Å²) in [6, 6.07) is 0. The van der Waals surface area contributed by atoms with E-state index in [4.69, 9.17) is 6.42 Å². The number of hydrogen-bond acceptors (Lipinski definition) is 0. The lowest BCUT2D eigenvalue weighted by molar-refractivity contribution is 0.815. The molecule has 0 aliphatic rings. The Labute approximate surface area is 58.0 Å². The molecule has 1 atom stereocenters. The molecule has 0 amide bonds. The Morgan fingerprint density at radius 1 is 1.22 bits per heavy atom. The lowest BCUT2D eigenvalue weighted by atomic mass is 10.1. The standard InChI is InChI=1S/C9H14/c1-5-9(4)7-6-8(2)3/h1,6-9H,2-4H3. The first-order valence-electron chi connectivity index (χ1n) is 3.31. The van der Waals surface area contributed by atoms with Crippen molar-refractivity contribution < 1.29 is 0 Å². The fraction of sp³-hybridized carbons (Fsp3) is 0.556. The fourth-order valence-electron chi connectivity index (χ4n) is 0.444. The SMILES string of the molecule is C#CC(C)C=CC(C)C. The average Bonchev–Trinajstić information content (AvgIpc) is 1.83. The van der Waals surface area contributed by atoms with Crippen LogP contribution in [0.4, 0.5) is 0 Å². The largest absolute Gasteiger partial charge is 0.119 e. The van der Waals surface area contributed by atoms with Gasteiger partial charge in [-0.05, 0) is 12.8 Å². The Balaban J connectivity index is 3.60. The molecule has 1 unspecified atom stereocenters. The van der Waals surface area contributed by atoms with E-state index in [1.165, 1.54) is 0 Å². The molecule has 0 rings (SSSR count). The fourth-order valence-corrected chi connectivity index (χ4v) is 0.444. The predicted molar refractivity (Wildman–Crippen MR) is 42.0 cm³/mol. The third-order valence-corrected chi connectivity index (χ3v) is 1.05. The van der Waals surface area contributed by atoms with Gasteiger partial charge in [-0.1, -0.05) is 31.9 Å². The molecule has 0 aromatic carbocycles. The Hall–Kier alpha value is -0.700. The summed E-state index contributed by atoms with van der Waals surface area (Å²) >= 11 is 0. The maximum atomic E-state index is 5.16. The van der Waals surface area contributed by atoms with Crippen molar-refractivity contribution in [2.24, 2.45) is 11.8 Å². The van der Waals surface area contributed by atoms with Gasteiger partial charge in [-0.3, -0.25) is 0 Å². The summed E-state index contributed by atoms with van der Waals surface area (Å²) < 4.78 is 0. The zero-order valence-corrected chi connectivity index (χ0v) is 6.39. The van der Waals surface area contributed by atoms with Crippen LogP contribution in [0.15, 0.2) is 12.2 Å². The van der Waals surface area contributed by atoms with Gasteiger partial charge < -0.3 is 0 Å². The van der Waals surface area contributed by atoms with Crippen LogP contribution in [0.3, 0.4) is 0 Å². The summed E-state index contributed by atoms with van der Waals surface area (Å²) in [4.78, 5) is 0. The van der Waals surface area contributed by atoms with Gasteiger partial charge in [0.1, 0.15) is 0 Å². The van der Waals surface area contributed by atoms with Crippen molar-refractivity contribution in [2.45, 2.75) is 20.8 Å². The number of rotatable bonds is 2. The second kappa shape index (κ2) is 4.21. The van der Waals surface area contributed by atoms with Gasteiger partial charge in [-0.25, -0.2) is 0 Å². The number of terminal acetylenes is 1. The van der Waals surface area contributed by atoms with Crippen LogP contribution in [0.5, 0.6) is 0 Å². The highest BCUT2D eigenvalue weighted by Crippen LogP contribution is 1.99. The molecule has 0 fully saturated rings. The number of hydrogen-bond donors (Lipinski definition) is 0. The second-order valence-corrected chi connectivity index (χ2v) is 2.58. The van der Waals surface area contributed by atoms with Crippen molar-refractivity contribution >= 4 is 0 Å². The van der Waals surface area contributed by atoms with Crippen molar-refractivity contribution in [1.82, 2.24) is 0 Å². The second-order valence-electron chi connectivity index (χ2n) is 2.58. The van der Waals surface area contributed by atoms with Crippen LogP contribution >= 0.6 is 0 Å². The molecule has 0 aromatic rings. The van der Waals surface area contributed by atoms with Gasteiger partial charge in [0.25, 0.3) is 0 Å². The van der Waals surface area contributed by atoms with Crippen molar-refractivity contribution in [1.29, 1.82) is 0 Å². The van der Waals surface area contributed by atoms with E-state index in [0.29, 0.717) is 5.92 Å². The highest BCUT2D eigenvalue weighted by molar-refractivity contribution is 5.03. The van der Waals surface area contributed by atoms with E-state index in [1.54, 1.807) is 0 Å². The lowest BCUT2D eigenvalue weighted by Gasteiger charge is -1.95. The zero-order chi connectivity index (χ0) is 7.28. The van der Waals surface area contributed by atoms with Crippen molar-refractivity contribution in [3.05, 3.63) is 12.2 Å². The van der Waals surface area contributed by atoms with E-state index in [1.807, 2.05) is 6.92 Å². The van der Waals surface area contributed by atoms with Crippen LogP contribution in [-0.2, 0) is 0 Å². The van der Waals surface area contributed by atoms with E-state index in [2.05, 4.69) is 31.9 Å². The molecule has 0 heterocycles. The molecule has 0 saturated carbocycles. The van der Waals surface area contributed by atoms with Gasteiger partial charge in [0.15, 0.2) is 0 Å². The summed E-state index contributed by atoms with van der Waals surface area (Å²) in [5.74, 6) is 3.53. The molecule has 0 radical (unpaired) electrons. The molecule has 0 saturated heterocycles. The zero-order valence-electron chi connectivity index (χ0n) is 6.39. The van der Waals surface area contributed by atoms with Gasteiger partial charge >= 0.3 is 0 Å². The topological polar surface area (TPSA) is 0 Å². The average molecular weight is 122 g/mol. The molecule has 0 bridgehead atoms. The van der Waals surface area contributed by atoms with E-state index in [0.717, 1.165) is 0 Å². The van der Waals surface area contributed by atoms with Crippen molar-refractivity contribution in [3.8, 4) is 12.3 Å². The van der Waals surface area contributed by atoms with Crippen LogP contribution in [0.2, 0.25) is 0 Å². The quantitative estimate of drug-likeness (QED) is 0.390. The van der Waals surface area contributed by atoms with Crippen LogP contribution < -0.4 is 0 Å². The van der Waals surface area contributed by atoms with Crippen molar-refractivity contribution in [2.75, 3.05) is 0 Å². The minimum Gasteiger partial charge on any atom is -0.119 e. The van der Waals surface area contributed by atoms with Gasteiger partial charge in [-0.15, -0.1) is 6.42 Å². The maximum absolute atomic E-state index is 5.16. The van der Waals surface area contributed by atoms with Gasteiger partial charge in [0.05, 0.1) is 0 Å². The third kappa shape index (κ3) is 5.17. The molecular formula is C9H14. The first kappa shape index (κ1) is 8.30. The summed E-state index contributed by atoms with van der Waals surface area (Å²) in [7, 11) is 0. The molecule has 0 aromatic heterocycles. The maximum Gasteiger partial charge on any atom is 0.0351 e. The Kier molecular flexibility index (Phi) is 3.88. The molecule has 0 spiro atoms. The molecular weight excluding hydrogens is 108 g/mol. The molecule has 0 nitrogen and oxygen atoms in total. The van der Waals surface area contributed by atoms with Gasteiger partial charge in [0, 0.05) is 5.92 Å². The summed E-state index contributed by atoms with van der Waals surface area (Å²) in [6.45, 7) is 6.29. The van der Waals surface area contributed by atoms with Crippen molar-refractivity contribution in [3.63, 3.8) is 0 Å². The first-order valence-corrected chi connectivity index (χ1v) is 3.31. The van der Waals surface area contributed by atoms with Crippen LogP contribution in [-0.4, -0.2) is 0 Å². The summed E-state index contributed by atoms with van der Waals surface area (Å²) in [5.41, 5.74) is 0. The van der Waals surface area contributed by atoms with Crippen LogP contribution in [0, 0.1) is 24.2 Å².